The molecule has 4 atom stereocenters. The fourth-order valence-electron chi connectivity index (χ4n) is 1.86. The summed E-state index contributed by atoms with van der Waals surface area (Å²) in [5, 5.41) is 17.7. The molecule has 90 valence electrons. The van der Waals surface area contributed by atoms with E-state index in [0.29, 0.717) is 0 Å². The van der Waals surface area contributed by atoms with Crippen LogP contribution in [0.2, 0.25) is 0 Å². The van der Waals surface area contributed by atoms with Crippen LogP contribution >= 0.6 is 0 Å². The van der Waals surface area contributed by atoms with Crippen molar-refractivity contribution in [3.63, 3.8) is 0 Å². The molecule has 2 rings (SSSR count). The summed E-state index contributed by atoms with van der Waals surface area (Å²) in [5.41, 5.74) is 0. The average Bonchev–Trinajstić information content (AvgIpc) is 2.70. The zero-order valence-corrected chi connectivity index (χ0v) is 7.98. The van der Waals surface area contributed by atoms with E-state index in [-0.39, 0.29) is 13.2 Å². The summed E-state index contributed by atoms with van der Waals surface area (Å²) in [4.78, 5) is 24.8. The van der Waals surface area contributed by atoms with Gasteiger partial charge in [0.15, 0.2) is 12.2 Å². The van der Waals surface area contributed by atoms with Crippen molar-refractivity contribution >= 4 is 6.16 Å². The Hall–Kier alpha value is -1.61. The van der Waals surface area contributed by atoms with Gasteiger partial charge in [-0.15, -0.1) is 10.1 Å². The van der Waals surface area contributed by atoms with Gasteiger partial charge in [0.1, 0.15) is 12.2 Å². The lowest BCUT2D eigenvalue weighted by Crippen LogP contribution is -2.35. The molecule has 0 amide bonds. The summed E-state index contributed by atoms with van der Waals surface area (Å²) in [6.45, 7) is -0.00496. The van der Waals surface area contributed by atoms with Crippen molar-refractivity contribution in [2.75, 3.05) is 13.2 Å². The minimum Gasteiger partial charge on any atom is -0.450 e. The third kappa shape index (κ3) is 1.99. The fraction of sp³-hybridized carbons (Fsp3) is 0.857. The molecule has 2 aliphatic heterocycles. The van der Waals surface area contributed by atoms with E-state index in [2.05, 4.69) is 9.57 Å². The van der Waals surface area contributed by atoms with Gasteiger partial charge in [0.25, 0.3) is 5.09 Å². The molecule has 16 heavy (non-hydrogen) atoms. The topological polar surface area (TPSA) is 117 Å². The fourth-order valence-corrected chi connectivity index (χ4v) is 1.86. The molecule has 0 radical (unpaired) electrons. The van der Waals surface area contributed by atoms with E-state index in [9.17, 15) is 14.9 Å². The third-order valence-electron chi connectivity index (χ3n) is 2.44. The lowest BCUT2D eigenvalue weighted by atomic mass is 10.1. The van der Waals surface area contributed by atoms with Gasteiger partial charge in [-0.2, -0.15) is 0 Å². The summed E-state index contributed by atoms with van der Waals surface area (Å²) < 4.78 is 14.8. The Kier molecular flexibility index (Phi) is 2.79. The molecule has 0 aromatic carbocycles. The van der Waals surface area contributed by atoms with Gasteiger partial charge >= 0.3 is 6.16 Å². The lowest BCUT2D eigenvalue weighted by Gasteiger charge is -2.14. The number of ether oxygens (including phenoxy) is 3. The lowest BCUT2D eigenvalue weighted by molar-refractivity contribution is -0.769. The molecule has 2 aliphatic rings. The van der Waals surface area contributed by atoms with Crippen LogP contribution in [0.15, 0.2) is 0 Å². The van der Waals surface area contributed by atoms with E-state index >= 15 is 0 Å². The van der Waals surface area contributed by atoms with E-state index in [1.807, 2.05) is 0 Å². The molecule has 2 fully saturated rings. The second-order valence-electron chi connectivity index (χ2n) is 3.39. The summed E-state index contributed by atoms with van der Waals surface area (Å²) in [7, 11) is 0. The van der Waals surface area contributed by atoms with Crippen molar-refractivity contribution in [3.8, 4) is 0 Å². The number of hydrogen-bond donors (Lipinski definition) is 1. The first-order valence-electron chi connectivity index (χ1n) is 4.52. The van der Waals surface area contributed by atoms with Crippen molar-refractivity contribution in [1.29, 1.82) is 0 Å². The van der Waals surface area contributed by atoms with Crippen LogP contribution in [0.1, 0.15) is 0 Å². The predicted molar refractivity (Wildman–Crippen MR) is 44.2 cm³/mol. The van der Waals surface area contributed by atoms with E-state index in [0.717, 1.165) is 0 Å². The number of rotatable bonds is 3. The minimum atomic E-state index is -1.43. The van der Waals surface area contributed by atoms with Crippen molar-refractivity contribution in [2.45, 2.75) is 24.4 Å². The molecule has 9 nitrogen and oxygen atoms in total. The molecule has 0 saturated carbocycles. The van der Waals surface area contributed by atoms with E-state index in [1.54, 1.807) is 0 Å². The molecule has 9 heteroatoms. The van der Waals surface area contributed by atoms with Crippen LogP contribution in [-0.2, 0) is 19.0 Å². The summed E-state index contributed by atoms with van der Waals surface area (Å²) in [6, 6.07) is 0. The molecule has 0 aliphatic carbocycles. The van der Waals surface area contributed by atoms with E-state index in [1.165, 1.54) is 0 Å². The van der Waals surface area contributed by atoms with Crippen molar-refractivity contribution in [2.24, 2.45) is 0 Å². The largest absolute Gasteiger partial charge is 0.506 e. The highest BCUT2D eigenvalue weighted by molar-refractivity contribution is 5.57. The normalized spacial score (nSPS) is 36.8. The Balaban J connectivity index is 1.95. The highest BCUT2D eigenvalue weighted by Crippen LogP contribution is 2.30. The standard InChI is InChI=1S/C7H9NO8/c9-7(10)15-3-1-13-6-4(16-8(11)12)2-14-5(3)6/h3-6H,1-2H2,(H,9,10). The molecular weight excluding hydrogens is 226 g/mol. The number of fused-ring (bicyclic) bond motifs is 1. The Morgan fingerprint density at radius 1 is 1.31 bits per heavy atom. The Morgan fingerprint density at radius 2 is 1.88 bits per heavy atom. The molecule has 1 N–H and O–H groups in total. The van der Waals surface area contributed by atoms with Gasteiger partial charge in [-0.1, -0.05) is 0 Å². The van der Waals surface area contributed by atoms with Crippen LogP contribution < -0.4 is 0 Å². The van der Waals surface area contributed by atoms with E-state index in [4.69, 9.17) is 14.6 Å². The first-order chi connectivity index (χ1) is 7.58. The molecule has 0 bridgehead atoms. The van der Waals surface area contributed by atoms with E-state index < -0.39 is 35.7 Å². The first-order valence-corrected chi connectivity index (χ1v) is 4.52. The van der Waals surface area contributed by atoms with Crippen LogP contribution in [0, 0.1) is 10.1 Å². The van der Waals surface area contributed by atoms with Gasteiger partial charge in [-0.25, -0.2) is 4.79 Å². The van der Waals surface area contributed by atoms with Crippen LogP contribution in [0.5, 0.6) is 0 Å². The second kappa shape index (κ2) is 4.10. The Morgan fingerprint density at radius 3 is 2.44 bits per heavy atom. The van der Waals surface area contributed by atoms with Gasteiger partial charge in [0.2, 0.25) is 0 Å². The van der Waals surface area contributed by atoms with Crippen LogP contribution in [0.3, 0.4) is 0 Å². The monoisotopic (exact) mass is 235 g/mol. The molecule has 4 unspecified atom stereocenters. The zero-order valence-electron chi connectivity index (χ0n) is 7.98. The summed E-state index contributed by atoms with van der Waals surface area (Å²) >= 11 is 0. The maximum Gasteiger partial charge on any atom is 0.506 e. The number of carbonyl (C=O) groups is 1. The third-order valence-corrected chi connectivity index (χ3v) is 2.44. The Bertz CT molecular complexity index is 277. The van der Waals surface area contributed by atoms with Crippen LogP contribution in [0.25, 0.3) is 0 Å². The molecule has 2 saturated heterocycles. The quantitative estimate of drug-likeness (QED) is 0.392. The highest BCUT2D eigenvalue weighted by Gasteiger charge is 2.51. The van der Waals surface area contributed by atoms with Gasteiger partial charge in [0.05, 0.1) is 13.2 Å². The van der Waals surface area contributed by atoms with Gasteiger partial charge in [-0.3, -0.25) is 0 Å². The first kappa shape index (κ1) is 10.9. The van der Waals surface area contributed by atoms with Gasteiger partial charge in [-0.05, 0) is 0 Å². The van der Waals surface area contributed by atoms with Gasteiger partial charge < -0.3 is 24.2 Å². The molecular formula is C7H9NO8. The smallest absolute Gasteiger partial charge is 0.450 e. The maximum absolute atomic E-state index is 10.3. The van der Waals surface area contributed by atoms with Crippen molar-refractivity contribution in [1.82, 2.24) is 0 Å². The number of nitrogens with zero attached hydrogens (tertiary/aromatic N) is 1. The molecule has 0 aromatic heterocycles. The molecule has 0 spiro atoms. The SMILES string of the molecule is O=C(O)OC1COC2C(O[N+](=O)[O-])COC12. The van der Waals surface area contributed by atoms with Crippen LogP contribution in [0.4, 0.5) is 4.79 Å². The average molecular weight is 235 g/mol. The number of carboxylic acid groups (broad SMARTS) is 1. The maximum atomic E-state index is 10.3. The number of hydrogen-bond acceptors (Lipinski definition) is 7. The van der Waals surface area contributed by atoms with Crippen molar-refractivity contribution < 1.29 is 34.0 Å². The summed E-state index contributed by atoms with van der Waals surface area (Å²) in [6.07, 6.45) is -4.32. The second-order valence-corrected chi connectivity index (χ2v) is 3.39. The molecule has 2 heterocycles. The summed E-state index contributed by atoms with van der Waals surface area (Å²) in [5.74, 6) is 0. The van der Waals surface area contributed by atoms with Crippen LogP contribution in [-0.4, -0.2) is 54.0 Å². The van der Waals surface area contributed by atoms with Crippen molar-refractivity contribution in [3.05, 3.63) is 10.1 Å². The Labute approximate surface area is 88.9 Å². The molecule has 0 aromatic rings. The zero-order chi connectivity index (χ0) is 11.7. The highest BCUT2D eigenvalue weighted by atomic mass is 17.0. The predicted octanol–water partition coefficient (Wildman–Crippen LogP) is -0.576. The van der Waals surface area contributed by atoms with Gasteiger partial charge in [0, 0.05) is 0 Å². The minimum absolute atomic E-state index is 0.0131.